The first-order valence-electron chi connectivity index (χ1n) is 5.52. The Bertz CT molecular complexity index is 331. The molecule has 1 aromatic heterocycles. The molecule has 4 heteroatoms. The van der Waals surface area contributed by atoms with E-state index in [1.54, 1.807) is 11.3 Å². The lowest BCUT2D eigenvalue weighted by molar-refractivity contribution is 0.229. The van der Waals surface area contributed by atoms with Crippen LogP contribution in [0.1, 0.15) is 32.6 Å². The predicted molar refractivity (Wildman–Crippen MR) is 68.7 cm³/mol. The molecule has 0 aromatic carbocycles. The van der Waals surface area contributed by atoms with Gasteiger partial charge in [-0.3, -0.25) is 0 Å². The van der Waals surface area contributed by atoms with Gasteiger partial charge in [-0.1, -0.05) is 19.9 Å². The van der Waals surface area contributed by atoms with E-state index in [4.69, 9.17) is 0 Å². The molecule has 0 aliphatic heterocycles. The Morgan fingerprint density at radius 2 is 2.19 bits per heavy atom. The Balaban J connectivity index is 2.50. The molecule has 0 unspecified atom stereocenters. The van der Waals surface area contributed by atoms with Crippen LogP contribution < -0.4 is 10.6 Å². The minimum absolute atomic E-state index is 0.105. The number of hydrogen-bond acceptors (Lipinski definition) is 2. The van der Waals surface area contributed by atoms with E-state index in [0.717, 1.165) is 4.88 Å². The summed E-state index contributed by atoms with van der Waals surface area (Å²) in [5.74, 6) is 0.468. The average Bonchev–Trinajstić information content (AvgIpc) is 2.67. The fraction of sp³-hybridized carbons (Fsp3) is 0.583. The van der Waals surface area contributed by atoms with Crippen LogP contribution in [0.15, 0.2) is 17.5 Å². The number of thiophene rings is 1. The Kier molecular flexibility index (Phi) is 4.35. The Morgan fingerprint density at radius 3 is 2.69 bits per heavy atom. The second-order valence-electron chi connectivity index (χ2n) is 4.83. The molecule has 0 saturated heterocycles. The van der Waals surface area contributed by atoms with E-state index >= 15 is 0 Å². The highest BCUT2D eigenvalue weighted by atomic mass is 32.1. The first-order chi connectivity index (χ1) is 7.42. The van der Waals surface area contributed by atoms with Crippen molar-refractivity contribution in [3.63, 3.8) is 0 Å². The van der Waals surface area contributed by atoms with Crippen LogP contribution in [-0.2, 0) is 5.54 Å². The summed E-state index contributed by atoms with van der Waals surface area (Å²) in [6.45, 7) is 8.86. The quantitative estimate of drug-likeness (QED) is 0.834. The van der Waals surface area contributed by atoms with Gasteiger partial charge in [-0.2, -0.15) is 0 Å². The number of amides is 2. The van der Waals surface area contributed by atoms with Gasteiger partial charge in [-0.15, -0.1) is 11.3 Å². The van der Waals surface area contributed by atoms with Crippen LogP contribution in [0.25, 0.3) is 0 Å². The fourth-order valence-electron chi connectivity index (χ4n) is 1.32. The first kappa shape index (κ1) is 13.0. The highest BCUT2D eigenvalue weighted by molar-refractivity contribution is 7.10. The second kappa shape index (κ2) is 5.34. The van der Waals surface area contributed by atoms with E-state index in [2.05, 4.69) is 24.5 Å². The van der Waals surface area contributed by atoms with E-state index in [0.29, 0.717) is 12.5 Å². The molecule has 90 valence electrons. The fourth-order valence-corrected chi connectivity index (χ4v) is 2.13. The smallest absolute Gasteiger partial charge is 0.315 e. The molecular weight excluding hydrogens is 220 g/mol. The van der Waals surface area contributed by atoms with Crippen molar-refractivity contribution >= 4 is 17.4 Å². The monoisotopic (exact) mass is 240 g/mol. The normalized spacial score (nSPS) is 11.6. The van der Waals surface area contributed by atoms with E-state index in [1.807, 2.05) is 31.4 Å². The Labute approximate surface area is 101 Å². The highest BCUT2D eigenvalue weighted by Crippen LogP contribution is 2.24. The summed E-state index contributed by atoms with van der Waals surface area (Å²) in [5, 5.41) is 7.85. The topological polar surface area (TPSA) is 41.1 Å². The molecule has 0 aliphatic rings. The molecule has 0 aliphatic carbocycles. The minimum atomic E-state index is -0.310. The Morgan fingerprint density at radius 1 is 1.50 bits per heavy atom. The standard InChI is InChI=1S/C12H20N2OS/c1-9(2)8-13-11(15)14-12(3,4)10-6-5-7-16-10/h5-7,9H,8H2,1-4H3,(H2,13,14,15). The van der Waals surface area contributed by atoms with Gasteiger partial charge in [-0.05, 0) is 31.2 Å². The van der Waals surface area contributed by atoms with Crippen LogP contribution >= 0.6 is 11.3 Å². The molecule has 2 N–H and O–H groups in total. The molecule has 0 radical (unpaired) electrons. The summed E-state index contributed by atoms with van der Waals surface area (Å²) in [6.07, 6.45) is 0. The van der Waals surface area contributed by atoms with Crippen LogP contribution in [0.3, 0.4) is 0 Å². The van der Waals surface area contributed by atoms with Crippen LogP contribution in [0.2, 0.25) is 0 Å². The van der Waals surface area contributed by atoms with Crippen molar-refractivity contribution in [3.05, 3.63) is 22.4 Å². The number of hydrogen-bond donors (Lipinski definition) is 2. The van der Waals surface area contributed by atoms with Crippen LogP contribution in [0.5, 0.6) is 0 Å². The molecular formula is C12H20N2OS. The Hall–Kier alpha value is -1.03. The molecule has 0 atom stereocenters. The van der Waals surface area contributed by atoms with Gasteiger partial charge in [0.1, 0.15) is 0 Å². The number of carbonyl (C=O) groups is 1. The molecule has 0 fully saturated rings. The second-order valence-corrected chi connectivity index (χ2v) is 5.78. The third-order valence-corrected chi connectivity index (χ3v) is 3.43. The third kappa shape index (κ3) is 3.85. The predicted octanol–water partition coefficient (Wildman–Crippen LogP) is 2.94. The summed E-state index contributed by atoms with van der Waals surface area (Å²) in [4.78, 5) is 12.8. The van der Waals surface area contributed by atoms with E-state index < -0.39 is 0 Å². The molecule has 2 amide bonds. The summed E-state index contributed by atoms with van der Waals surface area (Å²) in [7, 11) is 0. The molecule has 0 bridgehead atoms. The van der Waals surface area contributed by atoms with Gasteiger partial charge in [0.05, 0.1) is 5.54 Å². The van der Waals surface area contributed by atoms with E-state index in [-0.39, 0.29) is 11.6 Å². The van der Waals surface area contributed by atoms with Crippen molar-refractivity contribution in [2.75, 3.05) is 6.54 Å². The van der Waals surface area contributed by atoms with Crippen LogP contribution in [0.4, 0.5) is 4.79 Å². The van der Waals surface area contributed by atoms with Crippen molar-refractivity contribution < 1.29 is 4.79 Å². The SMILES string of the molecule is CC(C)CNC(=O)NC(C)(C)c1cccs1. The zero-order valence-corrected chi connectivity index (χ0v) is 11.1. The third-order valence-electron chi connectivity index (χ3n) is 2.23. The van der Waals surface area contributed by atoms with Gasteiger partial charge < -0.3 is 10.6 Å². The van der Waals surface area contributed by atoms with Gasteiger partial charge in [0.2, 0.25) is 0 Å². The molecule has 1 heterocycles. The van der Waals surface area contributed by atoms with Gasteiger partial charge in [0.25, 0.3) is 0 Å². The average molecular weight is 240 g/mol. The van der Waals surface area contributed by atoms with Crippen LogP contribution in [0, 0.1) is 5.92 Å². The lowest BCUT2D eigenvalue weighted by Gasteiger charge is -2.25. The number of urea groups is 1. The highest BCUT2D eigenvalue weighted by Gasteiger charge is 2.23. The maximum Gasteiger partial charge on any atom is 0.315 e. The van der Waals surface area contributed by atoms with Crippen LogP contribution in [-0.4, -0.2) is 12.6 Å². The lowest BCUT2D eigenvalue weighted by Crippen LogP contribution is -2.46. The number of nitrogens with one attached hydrogen (secondary N) is 2. The zero-order valence-electron chi connectivity index (χ0n) is 10.3. The van der Waals surface area contributed by atoms with Crippen molar-refractivity contribution in [3.8, 4) is 0 Å². The molecule has 16 heavy (non-hydrogen) atoms. The molecule has 1 rings (SSSR count). The van der Waals surface area contributed by atoms with Gasteiger partial charge >= 0.3 is 6.03 Å². The minimum Gasteiger partial charge on any atom is -0.338 e. The van der Waals surface area contributed by atoms with Gasteiger partial charge in [0.15, 0.2) is 0 Å². The van der Waals surface area contributed by atoms with Gasteiger partial charge in [-0.25, -0.2) is 4.79 Å². The van der Waals surface area contributed by atoms with Crippen molar-refractivity contribution in [2.45, 2.75) is 33.2 Å². The summed E-state index contributed by atoms with van der Waals surface area (Å²) in [5.41, 5.74) is -0.310. The molecule has 0 saturated carbocycles. The van der Waals surface area contributed by atoms with E-state index in [9.17, 15) is 4.79 Å². The van der Waals surface area contributed by atoms with Gasteiger partial charge in [0, 0.05) is 11.4 Å². The van der Waals surface area contributed by atoms with E-state index in [1.165, 1.54) is 0 Å². The number of carbonyl (C=O) groups excluding carboxylic acids is 1. The lowest BCUT2D eigenvalue weighted by atomic mass is 10.0. The van der Waals surface area contributed by atoms with Crippen molar-refractivity contribution in [1.29, 1.82) is 0 Å². The zero-order chi connectivity index (χ0) is 12.2. The molecule has 0 spiro atoms. The summed E-state index contributed by atoms with van der Waals surface area (Å²) >= 11 is 1.65. The number of rotatable bonds is 4. The first-order valence-corrected chi connectivity index (χ1v) is 6.40. The largest absolute Gasteiger partial charge is 0.338 e. The van der Waals surface area contributed by atoms with Crippen molar-refractivity contribution in [1.82, 2.24) is 10.6 Å². The molecule has 3 nitrogen and oxygen atoms in total. The summed E-state index contributed by atoms with van der Waals surface area (Å²) < 4.78 is 0. The maximum atomic E-state index is 11.6. The van der Waals surface area contributed by atoms with Crippen molar-refractivity contribution in [2.24, 2.45) is 5.92 Å². The molecule has 1 aromatic rings. The summed E-state index contributed by atoms with van der Waals surface area (Å²) in [6, 6.07) is 3.93. The maximum absolute atomic E-state index is 11.6.